The van der Waals surface area contributed by atoms with Gasteiger partial charge in [-0.25, -0.2) is 4.98 Å². The standard InChI is InChI=1S/C17H18F3N3O3/c18-17(19,20)12-4-1-5-13(9-12)26-16-11(3-2-7-22-16)10-23-15(25)14(21)6-8-24/h1-5,7,9,14,24H,6,8,10,21H2,(H,23,25)/t14-/m0/s1. The highest BCUT2D eigenvalue weighted by Gasteiger charge is 2.30. The molecule has 0 aliphatic heterocycles. The fourth-order valence-electron chi connectivity index (χ4n) is 2.08. The van der Waals surface area contributed by atoms with Crippen LogP contribution < -0.4 is 15.8 Å². The minimum absolute atomic E-state index is 0.0249. The zero-order valence-corrected chi connectivity index (χ0v) is 13.7. The molecule has 1 atom stereocenters. The number of pyridine rings is 1. The summed E-state index contributed by atoms with van der Waals surface area (Å²) in [4.78, 5) is 15.8. The third kappa shape index (κ3) is 5.43. The molecule has 0 fully saturated rings. The molecule has 0 aliphatic carbocycles. The lowest BCUT2D eigenvalue weighted by molar-refractivity contribution is -0.137. The van der Waals surface area contributed by atoms with Crippen LogP contribution >= 0.6 is 0 Å². The molecular weight excluding hydrogens is 351 g/mol. The molecule has 2 rings (SSSR count). The number of nitrogens with one attached hydrogen (secondary N) is 1. The predicted octanol–water partition coefficient (Wildman–Crippen LogP) is 2.22. The molecule has 1 amide bonds. The van der Waals surface area contributed by atoms with Crippen molar-refractivity contribution in [3.63, 3.8) is 0 Å². The molecule has 0 saturated carbocycles. The second-order valence-electron chi connectivity index (χ2n) is 5.43. The second-order valence-corrected chi connectivity index (χ2v) is 5.43. The summed E-state index contributed by atoms with van der Waals surface area (Å²) in [6.45, 7) is -0.189. The lowest BCUT2D eigenvalue weighted by atomic mass is 10.2. The number of hydrogen-bond donors (Lipinski definition) is 3. The van der Waals surface area contributed by atoms with Gasteiger partial charge in [-0.1, -0.05) is 12.1 Å². The smallest absolute Gasteiger partial charge is 0.416 e. The van der Waals surface area contributed by atoms with Crippen molar-refractivity contribution in [3.8, 4) is 11.6 Å². The van der Waals surface area contributed by atoms with Crippen molar-refractivity contribution >= 4 is 5.91 Å². The summed E-state index contributed by atoms with van der Waals surface area (Å²) in [5, 5.41) is 11.4. The van der Waals surface area contributed by atoms with Crippen LogP contribution in [0.2, 0.25) is 0 Å². The summed E-state index contributed by atoms with van der Waals surface area (Å²) < 4.78 is 43.8. The van der Waals surface area contributed by atoms with Gasteiger partial charge in [-0.05, 0) is 30.7 Å². The number of halogens is 3. The maximum absolute atomic E-state index is 12.8. The van der Waals surface area contributed by atoms with Crippen LogP contribution in [0.5, 0.6) is 11.6 Å². The van der Waals surface area contributed by atoms with Crippen molar-refractivity contribution in [3.05, 3.63) is 53.7 Å². The average molecular weight is 369 g/mol. The minimum atomic E-state index is -4.48. The van der Waals surface area contributed by atoms with E-state index in [0.717, 1.165) is 12.1 Å². The van der Waals surface area contributed by atoms with Gasteiger partial charge in [-0.15, -0.1) is 0 Å². The zero-order valence-electron chi connectivity index (χ0n) is 13.7. The van der Waals surface area contributed by atoms with E-state index in [4.69, 9.17) is 15.6 Å². The number of carbonyl (C=O) groups excluding carboxylic acids is 1. The number of benzene rings is 1. The van der Waals surface area contributed by atoms with E-state index in [2.05, 4.69) is 10.3 Å². The Hall–Kier alpha value is -2.65. The van der Waals surface area contributed by atoms with Crippen LogP contribution in [0.3, 0.4) is 0 Å². The Bertz CT molecular complexity index is 753. The second kappa shape index (κ2) is 8.63. The number of rotatable bonds is 7. The van der Waals surface area contributed by atoms with Crippen molar-refractivity contribution in [2.24, 2.45) is 5.73 Å². The first-order valence-corrected chi connectivity index (χ1v) is 7.74. The molecule has 2 aromatic rings. The molecule has 6 nitrogen and oxygen atoms in total. The van der Waals surface area contributed by atoms with Gasteiger partial charge >= 0.3 is 6.18 Å². The zero-order chi connectivity index (χ0) is 19.2. The van der Waals surface area contributed by atoms with Gasteiger partial charge in [0.25, 0.3) is 0 Å². The Morgan fingerprint density at radius 3 is 2.77 bits per heavy atom. The molecule has 140 valence electrons. The molecule has 0 saturated heterocycles. The van der Waals surface area contributed by atoms with E-state index < -0.39 is 23.7 Å². The van der Waals surface area contributed by atoms with Crippen LogP contribution in [0.4, 0.5) is 13.2 Å². The molecule has 1 heterocycles. The molecule has 4 N–H and O–H groups in total. The van der Waals surface area contributed by atoms with Gasteiger partial charge in [-0.2, -0.15) is 13.2 Å². The van der Waals surface area contributed by atoms with Gasteiger partial charge in [0.2, 0.25) is 11.8 Å². The SMILES string of the molecule is N[C@@H](CCO)C(=O)NCc1cccnc1Oc1cccc(C(F)(F)F)c1. The monoisotopic (exact) mass is 369 g/mol. The van der Waals surface area contributed by atoms with Gasteiger partial charge in [0.15, 0.2) is 0 Å². The van der Waals surface area contributed by atoms with Crippen LogP contribution in [0.15, 0.2) is 42.6 Å². The first-order chi connectivity index (χ1) is 12.3. The number of hydrogen-bond acceptors (Lipinski definition) is 5. The lowest BCUT2D eigenvalue weighted by Gasteiger charge is -2.14. The highest BCUT2D eigenvalue weighted by Crippen LogP contribution is 2.32. The molecule has 0 aliphatic rings. The highest BCUT2D eigenvalue weighted by molar-refractivity contribution is 5.81. The summed E-state index contributed by atoms with van der Waals surface area (Å²) >= 11 is 0. The van der Waals surface area contributed by atoms with E-state index in [-0.39, 0.29) is 31.2 Å². The van der Waals surface area contributed by atoms with Gasteiger partial charge in [0, 0.05) is 24.9 Å². The summed E-state index contributed by atoms with van der Waals surface area (Å²) in [5.74, 6) is -0.418. The number of alkyl halides is 3. The van der Waals surface area contributed by atoms with Gasteiger partial charge in [-0.3, -0.25) is 4.79 Å². The van der Waals surface area contributed by atoms with E-state index in [0.29, 0.717) is 5.56 Å². The van der Waals surface area contributed by atoms with Crippen LogP contribution in [-0.4, -0.2) is 28.6 Å². The topological polar surface area (TPSA) is 97.5 Å². The fourth-order valence-corrected chi connectivity index (χ4v) is 2.08. The van der Waals surface area contributed by atoms with E-state index in [1.807, 2.05) is 0 Å². The largest absolute Gasteiger partial charge is 0.439 e. The Morgan fingerprint density at radius 2 is 2.08 bits per heavy atom. The molecule has 0 bridgehead atoms. The third-order valence-corrected chi connectivity index (χ3v) is 3.46. The number of aliphatic hydroxyl groups is 1. The van der Waals surface area contributed by atoms with Crippen molar-refractivity contribution < 1.29 is 27.8 Å². The van der Waals surface area contributed by atoms with Crippen LogP contribution in [0.25, 0.3) is 0 Å². The molecule has 26 heavy (non-hydrogen) atoms. The number of ether oxygens (including phenoxy) is 1. The quantitative estimate of drug-likeness (QED) is 0.695. The summed E-state index contributed by atoms with van der Waals surface area (Å²) in [7, 11) is 0. The minimum Gasteiger partial charge on any atom is -0.439 e. The highest BCUT2D eigenvalue weighted by atomic mass is 19.4. The average Bonchev–Trinajstić information content (AvgIpc) is 2.60. The van der Waals surface area contributed by atoms with Gasteiger partial charge in [0.05, 0.1) is 11.6 Å². The summed E-state index contributed by atoms with van der Waals surface area (Å²) in [6.07, 6.45) is -2.94. The van der Waals surface area contributed by atoms with E-state index in [1.165, 1.54) is 18.3 Å². The molecule has 0 radical (unpaired) electrons. The van der Waals surface area contributed by atoms with E-state index in [9.17, 15) is 18.0 Å². The molecule has 1 aromatic heterocycles. The van der Waals surface area contributed by atoms with Gasteiger partial charge in [0.1, 0.15) is 5.75 Å². The maximum Gasteiger partial charge on any atom is 0.416 e. The number of aromatic nitrogens is 1. The van der Waals surface area contributed by atoms with Crippen molar-refractivity contribution in [1.29, 1.82) is 0 Å². The predicted molar refractivity (Wildman–Crippen MR) is 87.3 cm³/mol. The Kier molecular flexibility index (Phi) is 6.53. The normalized spacial score (nSPS) is 12.5. The maximum atomic E-state index is 12.8. The van der Waals surface area contributed by atoms with Crippen LogP contribution in [0.1, 0.15) is 17.5 Å². The van der Waals surface area contributed by atoms with Crippen LogP contribution in [0, 0.1) is 0 Å². The number of aliphatic hydroxyl groups excluding tert-OH is 1. The molecule has 0 unspecified atom stereocenters. The summed E-state index contributed by atoms with van der Waals surface area (Å²) in [6, 6.07) is 6.79. The third-order valence-electron chi connectivity index (χ3n) is 3.46. The Balaban J connectivity index is 2.11. The number of nitrogens with two attached hydrogens (primary N) is 1. The molecule has 9 heteroatoms. The first-order valence-electron chi connectivity index (χ1n) is 7.74. The lowest BCUT2D eigenvalue weighted by Crippen LogP contribution is -2.40. The van der Waals surface area contributed by atoms with Crippen molar-refractivity contribution in [1.82, 2.24) is 10.3 Å². The number of amides is 1. The van der Waals surface area contributed by atoms with E-state index >= 15 is 0 Å². The van der Waals surface area contributed by atoms with Gasteiger partial charge < -0.3 is 20.9 Å². The van der Waals surface area contributed by atoms with E-state index in [1.54, 1.807) is 12.1 Å². The van der Waals surface area contributed by atoms with Crippen molar-refractivity contribution in [2.45, 2.75) is 25.2 Å². The summed E-state index contributed by atoms with van der Waals surface area (Å²) in [5.41, 5.74) is 5.22. The fraction of sp³-hybridized carbons (Fsp3) is 0.294. The molecule has 0 spiro atoms. The van der Waals surface area contributed by atoms with Crippen molar-refractivity contribution in [2.75, 3.05) is 6.61 Å². The first kappa shape index (κ1) is 19.7. The Labute approximate surface area is 147 Å². The number of nitrogens with zero attached hydrogens (tertiary/aromatic N) is 1. The molecule has 1 aromatic carbocycles. The molecular formula is C17H18F3N3O3. The Morgan fingerprint density at radius 1 is 1.31 bits per heavy atom. The van der Waals surface area contributed by atoms with Crippen LogP contribution in [-0.2, 0) is 17.5 Å². The number of carbonyl (C=O) groups is 1.